The molecule has 6 atom stereocenters. The van der Waals surface area contributed by atoms with Crippen LogP contribution in [0.4, 0.5) is 0 Å². The molecule has 2 saturated carbocycles. The number of carbonyl (C=O) groups excluding carboxylic acids is 2. The fourth-order valence-electron chi connectivity index (χ4n) is 4.40. The van der Waals surface area contributed by atoms with Gasteiger partial charge < -0.3 is 9.84 Å². The van der Waals surface area contributed by atoms with Crippen molar-refractivity contribution in [3.05, 3.63) is 23.3 Å². The maximum absolute atomic E-state index is 12.6. The van der Waals surface area contributed by atoms with Gasteiger partial charge in [0.05, 0.1) is 6.61 Å². The summed E-state index contributed by atoms with van der Waals surface area (Å²) in [5.41, 5.74) is 1.22. The van der Waals surface area contributed by atoms with Gasteiger partial charge in [-0.15, -0.1) is 0 Å². The minimum Gasteiger partial charge on any atom is -0.393 e. The van der Waals surface area contributed by atoms with Crippen molar-refractivity contribution in [1.29, 1.82) is 0 Å². The number of ketones is 2. The molecule has 1 aliphatic heterocycles. The number of hydrogen-bond donors (Lipinski definition) is 1. The summed E-state index contributed by atoms with van der Waals surface area (Å²) < 4.78 is 5.30. The van der Waals surface area contributed by atoms with E-state index < -0.39 is 11.7 Å². The first-order chi connectivity index (χ1) is 9.03. The first-order valence-corrected chi connectivity index (χ1v) is 6.75. The van der Waals surface area contributed by atoms with E-state index in [1.165, 1.54) is 11.1 Å². The van der Waals surface area contributed by atoms with Crippen LogP contribution in [-0.2, 0) is 14.3 Å². The van der Waals surface area contributed by atoms with Gasteiger partial charge in [-0.05, 0) is 13.8 Å². The second-order valence-electron chi connectivity index (χ2n) is 6.26. The zero-order valence-electron chi connectivity index (χ0n) is 10.9. The second-order valence-corrected chi connectivity index (χ2v) is 6.26. The molecular weight excluding hydrogens is 244 g/mol. The van der Waals surface area contributed by atoms with Gasteiger partial charge in [0.15, 0.2) is 23.3 Å². The number of hydrogen-bond acceptors (Lipinski definition) is 4. The number of allylic oxidation sites excluding steroid dienone is 4. The monoisotopic (exact) mass is 260 g/mol. The average Bonchev–Trinajstić information content (AvgIpc) is 2.88. The molecule has 2 bridgehead atoms. The smallest absolute Gasteiger partial charge is 0.183 e. The summed E-state index contributed by atoms with van der Waals surface area (Å²) in [6.07, 6.45) is 3.42. The molecule has 4 rings (SSSR count). The molecule has 0 aromatic heterocycles. The molecule has 0 amide bonds. The number of carbonyl (C=O) groups is 2. The van der Waals surface area contributed by atoms with E-state index in [0.717, 1.165) is 0 Å². The lowest BCUT2D eigenvalue weighted by molar-refractivity contribution is -0.139. The largest absolute Gasteiger partial charge is 0.393 e. The van der Waals surface area contributed by atoms with Crippen molar-refractivity contribution in [2.75, 3.05) is 6.61 Å². The van der Waals surface area contributed by atoms with E-state index in [2.05, 4.69) is 6.08 Å². The Balaban J connectivity index is 1.85. The molecular formula is C15H16O4. The first kappa shape index (κ1) is 11.6. The highest BCUT2D eigenvalue weighted by atomic mass is 16.6. The van der Waals surface area contributed by atoms with Crippen molar-refractivity contribution in [2.45, 2.75) is 25.6 Å². The maximum atomic E-state index is 12.6. The third-order valence-corrected chi connectivity index (χ3v) is 5.22. The number of aliphatic hydroxyl groups is 1. The lowest BCUT2D eigenvalue weighted by atomic mass is 9.68. The molecule has 100 valence electrons. The molecule has 19 heavy (non-hydrogen) atoms. The van der Waals surface area contributed by atoms with Crippen LogP contribution in [0.5, 0.6) is 0 Å². The normalized spacial score (nSPS) is 49.4. The van der Waals surface area contributed by atoms with E-state index in [1.807, 2.05) is 19.9 Å². The van der Waals surface area contributed by atoms with E-state index in [9.17, 15) is 14.7 Å². The summed E-state index contributed by atoms with van der Waals surface area (Å²) >= 11 is 0. The van der Waals surface area contributed by atoms with Crippen LogP contribution in [0.2, 0.25) is 0 Å². The van der Waals surface area contributed by atoms with Crippen molar-refractivity contribution in [3.63, 3.8) is 0 Å². The molecule has 0 radical (unpaired) electrons. The third-order valence-electron chi connectivity index (χ3n) is 5.22. The van der Waals surface area contributed by atoms with E-state index in [1.54, 1.807) is 0 Å². The highest BCUT2D eigenvalue weighted by Gasteiger charge is 2.75. The van der Waals surface area contributed by atoms with E-state index in [0.29, 0.717) is 0 Å². The highest BCUT2D eigenvalue weighted by molar-refractivity contribution is 6.10. The topological polar surface area (TPSA) is 66.9 Å². The Kier molecular flexibility index (Phi) is 1.97. The Morgan fingerprint density at radius 2 is 1.89 bits per heavy atom. The number of rotatable bonds is 1. The number of epoxide rings is 1. The average molecular weight is 260 g/mol. The van der Waals surface area contributed by atoms with Crippen molar-refractivity contribution >= 4 is 11.6 Å². The zero-order valence-corrected chi connectivity index (χ0v) is 10.9. The zero-order chi connectivity index (χ0) is 13.5. The van der Waals surface area contributed by atoms with Gasteiger partial charge in [-0.25, -0.2) is 0 Å². The first-order valence-electron chi connectivity index (χ1n) is 6.75. The molecule has 0 aromatic carbocycles. The summed E-state index contributed by atoms with van der Waals surface area (Å²) in [7, 11) is 0. The molecule has 1 N–H and O–H groups in total. The predicted octanol–water partition coefficient (Wildman–Crippen LogP) is 0.653. The summed E-state index contributed by atoms with van der Waals surface area (Å²) in [5.74, 6) is -0.547. The molecule has 0 spiro atoms. The number of fused-ring (bicyclic) bond motifs is 6. The summed E-state index contributed by atoms with van der Waals surface area (Å²) in [5, 5.41) is 9.42. The molecule has 1 heterocycles. The van der Waals surface area contributed by atoms with Crippen LogP contribution >= 0.6 is 0 Å². The summed E-state index contributed by atoms with van der Waals surface area (Å²) in [4.78, 5) is 25.1. The molecule has 3 aliphatic carbocycles. The van der Waals surface area contributed by atoms with Crippen LogP contribution < -0.4 is 0 Å². The number of ether oxygens (including phenoxy) is 1. The third kappa shape index (κ3) is 1.09. The summed E-state index contributed by atoms with van der Waals surface area (Å²) in [6.45, 7) is 3.69. The number of aliphatic hydroxyl groups excluding tert-OH is 1. The Labute approximate surface area is 111 Å². The van der Waals surface area contributed by atoms with E-state index in [-0.39, 0.29) is 41.8 Å². The lowest BCUT2D eigenvalue weighted by Crippen LogP contribution is -2.50. The lowest BCUT2D eigenvalue weighted by Gasteiger charge is -2.30. The Morgan fingerprint density at radius 3 is 2.47 bits per heavy atom. The van der Waals surface area contributed by atoms with E-state index in [4.69, 9.17) is 4.74 Å². The molecule has 4 heteroatoms. The fraction of sp³-hybridized carbons (Fsp3) is 0.600. The van der Waals surface area contributed by atoms with Gasteiger partial charge in [0.25, 0.3) is 0 Å². The second kappa shape index (κ2) is 3.25. The van der Waals surface area contributed by atoms with Crippen LogP contribution in [0.1, 0.15) is 13.8 Å². The van der Waals surface area contributed by atoms with E-state index >= 15 is 0 Å². The van der Waals surface area contributed by atoms with Crippen LogP contribution in [0.15, 0.2) is 23.3 Å². The van der Waals surface area contributed by atoms with Gasteiger partial charge in [0.2, 0.25) is 0 Å². The van der Waals surface area contributed by atoms with Crippen molar-refractivity contribution < 1.29 is 19.4 Å². The SMILES string of the molecule is CC(C)=C1[C@H]2C=C[C@H]1[C@H]1C(=O)[C@@]3(CO)O[C@@H]3C(=O)[C@@H]12. The number of Topliss-reactive ketones (excluding diaryl/α,β-unsaturated/α-hetero) is 2. The van der Waals surface area contributed by atoms with Crippen LogP contribution in [0.3, 0.4) is 0 Å². The molecule has 1 saturated heterocycles. The van der Waals surface area contributed by atoms with Gasteiger partial charge in [-0.2, -0.15) is 0 Å². The maximum Gasteiger partial charge on any atom is 0.183 e. The molecule has 3 fully saturated rings. The van der Waals surface area contributed by atoms with Crippen molar-refractivity contribution in [3.8, 4) is 0 Å². The van der Waals surface area contributed by atoms with Gasteiger partial charge >= 0.3 is 0 Å². The van der Waals surface area contributed by atoms with Gasteiger partial charge in [0, 0.05) is 23.7 Å². The van der Waals surface area contributed by atoms with Crippen LogP contribution in [-0.4, -0.2) is 35.0 Å². The minimum absolute atomic E-state index is 0.00856. The van der Waals surface area contributed by atoms with Gasteiger partial charge in [-0.1, -0.05) is 23.3 Å². The summed E-state index contributed by atoms with van der Waals surface area (Å²) in [6, 6.07) is 0. The Bertz CT molecular complexity index is 569. The predicted molar refractivity (Wildman–Crippen MR) is 66.2 cm³/mol. The van der Waals surface area contributed by atoms with Crippen molar-refractivity contribution in [1.82, 2.24) is 0 Å². The molecule has 4 aliphatic rings. The Hall–Kier alpha value is -1.26. The molecule has 0 unspecified atom stereocenters. The molecule has 4 nitrogen and oxygen atoms in total. The highest BCUT2D eigenvalue weighted by Crippen LogP contribution is 2.61. The van der Waals surface area contributed by atoms with Crippen molar-refractivity contribution in [2.24, 2.45) is 23.7 Å². The molecule has 0 aromatic rings. The van der Waals surface area contributed by atoms with Crippen LogP contribution in [0.25, 0.3) is 0 Å². The van der Waals surface area contributed by atoms with Gasteiger partial charge in [-0.3, -0.25) is 9.59 Å². The van der Waals surface area contributed by atoms with Gasteiger partial charge in [0.1, 0.15) is 0 Å². The minimum atomic E-state index is -1.21. The standard InChI is InChI=1S/C15H16O4/c1-6(2)9-7-3-4-8(9)11-10(7)12(17)14-15(5-16,19-14)13(11)18/h3-4,7-8,10-11,14,16H,5H2,1-2H3/t7-,8-,10-,11-,14-,15-/m1/s1. The Morgan fingerprint density at radius 1 is 1.26 bits per heavy atom. The van der Waals surface area contributed by atoms with Crippen LogP contribution in [0, 0.1) is 23.7 Å². The quantitative estimate of drug-likeness (QED) is 0.555. The fourth-order valence-corrected chi connectivity index (χ4v) is 4.40.